The second kappa shape index (κ2) is 10.8. The number of hydrogen-bond acceptors (Lipinski definition) is 3. The molecule has 2 saturated carbocycles. The monoisotopic (exact) mass is 528 g/mol. The normalized spacial score (nSPS) is 28.6. The first-order valence-corrected chi connectivity index (χ1v) is 14.6. The van der Waals surface area contributed by atoms with Gasteiger partial charge < -0.3 is 15.3 Å². The van der Waals surface area contributed by atoms with Gasteiger partial charge in [-0.1, -0.05) is 25.1 Å². The van der Waals surface area contributed by atoms with Crippen LogP contribution in [0.5, 0.6) is 5.75 Å². The van der Waals surface area contributed by atoms with E-state index in [1.165, 1.54) is 30.4 Å². The summed E-state index contributed by atoms with van der Waals surface area (Å²) in [6.07, 6.45) is 7.24. The van der Waals surface area contributed by atoms with Crippen LogP contribution in [-0.2, 0) is 17.6 Å². The number of aromatic hydroxyl groups is 1. The number of benzene rings is 2. The lowest BCUT2D eigenvalue weighted by Crippen LogP contribution is -2.50. The summed E-state index contributed by atoms with van der Waals surface area (Å²) < 4.78 is 0. The Balaban J connectivity index is 1.22. The molecule has 0 heterocycles. The lowest BCUT2D eigenvalue weighted by Gasteiger charge is -2.51. The smallest absolute Gasteiger partial charge is 0.224 e. The summed E-state index contributed by atoms with van der Waals surface area (Å²) in [5.41, 5.74) is 5.08. The molecule has 0 bridgehead atoms. The number of nitrogens with zero attached hydrogens (tertiary/aromatic N) is 1. The van der Waals surface area contributed by atoms with Gasteiger partial charge in [-0.3, -0.25) is 4.79 Å². The minimum absolute atomic E-state index is 0.125. The third-order valence-corrected chi connectivity index (χ3v) is 9.76. The van der Waals surface area contributed by atoms with Crippen molar-refractivity contribution in [2.24, 2.45) is 17.3 Å². The first-order valence-electron chi connectivity index (χ1n) is 13.5. The Hall–Kier alpha value is -1.91. The van der Waals surface area contributed by atoms with E-state index < -0.39 is 0 Å². The van der Waals surface area contributed by atoms with Gasteiger partial charge in [-0.15, -0.1) is 23.2 Å². The summed E-state index contributed by atoms with van der Waals surface area (Å²) in [5, 5.41) is 13.4. The molecule has 0 radical (unpaired) electrons. The first kappa shape index (κ1) is 25.7. The molecule has 2 aromatic carbocycles. The van der Waals surface area contributed by atoms with E-state index in [9.17, 15) is 9.90 Å². The molecule has 0 spiro atoms. The van der Waals surface area contributed by atoms with Gasteiger partial charge in [0.15, 0.2) is 0 Å². The number of anilines is 1. The Morgan fingerprint density at radius 2 is 1.81 bits per heavy atom. The minimum Gasteiger partial charge on any atom is -0.508 e. The highest BCUT2D eigenvalue weighted by atomic mass is 35.5. The highest BCUT2D eigenvalue weighted by Gasteiger charge is 2.55. The van der Waals surface area contributed by atoms with Crippen molar-refractivity contribution in [3.63, 3.8) is 0 Å². The van der Waals surface area contributed by atoms with E-state index in [2.05, 4.69) is 35.3 Å². The van der Waals surface area contributed by atoms with Gasteiger partial charge in [-0.25, -0.2) is 0 Å². The van der Waals surface area contributed by atoms with Crippen molar-refractivity contribution >= 4 is 34.8 Å². The standard InChI is InChI=1S/C30H38Cl2N2O2/c1-30-13-12-25-24-9-7-23(35)19-21(24)4-8-26(25)27(30)10-11-28(30)33-29(36)18-20-2-5-22(6-3-20)34(16-14-31)17-15-32/h2-3,5-7,9,19,25-28,35H,4,8,10-18H2,1H3,(H,33,36). The minimum atomic E-state index is 0.125. The average molecular weight is 530 g/mol. The zero-order valence-electron chi connectivity index (χ0n) is 21.2. The van der Waals surface area contributed by atoms with Crippen molar-refractivity contribution in [2.45, 2.75) is 63.8 Å². The largest absolute Gasteiger partial charge is 0.508 e. The fourth-order valence-electron chi connectivity index (χ4n) is 7.64. The van der Waals surface area contributed by atoms with Crippen LogP contribution in [0.4, 0.5) is 5.69 Å². The van der Waals surface area contributed by atoms with Gasteiger partial charge in [0.1, 0.15) is 5.75 Å². The number of aryl methyl sites for hydroxylation is 1. The fourth-order valence-corrected chi connectivity index (χ4v) is 8.04. The Labute approximate surface area is 225 Å². The Morgan fingerprint density at radius 1 is 1.06 bits per heavy atom. The maximum absolute atomic E-state index is 13.1. The lowest BCUT2D eigenvalue weighted by atomic mass is 9.55. The van der Waals surface area contributed by atoms with Gasteiger partial charge in [0.05, 0.1) is 6.42 Å². The second-order valence-electron chi connectivity index (χ2n) is 11.2. The number of amides is 1. The molecule has 36 heavy (non-hydrogen) atoms. The molecule has 0 saturated heterocycles. The van der Waals surface area contributed by atoms with Crippen LogP contribution in [0.15, 0.2) is 42.5 Å². The van der Waals surface area contributed by atoms with Crippen molar-refractivity contribution in [2.75, 3.05) is 29.7 Å². The molecule has 3 aliphatic rings. The van der Waals surface area contributed by atoms with E-state index in [4.69, 9.17) is 23.2 Å². The predicted octanol–water partition coefficient (Wildman–Crippen LogP) is 6.26. The van der Waals surface area contributed by atoms with Crippen LogP contribution in [-0.4, -0.2) is 41.9 Å². The van der Waals surface area contributed by atoms with Gasteiger partial charge in [-0.05, 0) is 103 Å². The zero-order valence-corrected chi connectivity index (χ0v) is 22.7. The second-order valence-corrected chi connectivity index (χ2v) is 12.0. The summed E-state index contributed by atoms with van der Waals surface area (Å²) in [7, 11) is 0. The molecule has 4 nitrogen and oxygen atoms in total. The van der Waals surface area contributed by atoms with Crippen molar-refractivity contribution in [3.8, 4) is 5.75 Å². The van der Waals surface area contributed by atoms with Crippen LogP contribution in [0.3, 0.4) is 0 Å². The number of halogens is 2. The Kier molecular flexibility index (Phi) is 7.74. The number of fused-ring (bicyclic) bond motifs is 5. The molecule has 0 aromatic heterocycles. The highest BCUT2D eigenvalue weighted by Crippen LogP contribution is 2.61. The molecular weight excluding hydrogens is 491 g/mol. The number of phenols is 1. The maximum atomic E-state index is 13.1. The van der Waals surface area contributed by atoms with Crippen LogP contribution < -0.4 is 10.2 Å². The van der Waals surface area contributed by atoms with Crippen LogP contribution >= 0.6 is 23.2 Å². The van der Waals surface area contributed by atoms with Gasteiger partial charge in [0.25, 0.3) is 0 Å². The SMILES string of the molecule is CC12CCC3c4ccc(O)cc4CCC3C1CCC2NC(=O)Cc1ccc(N(CCCl)CCCl)cc1. The van der Waals surface area contributed by atoms with E-state index in [1.54, 1.807) is 0 Å². The predicted molar refractivity (Wildman–Crippen MR) is 148 cm³/mol. The lowest BCUT2D eigenvalue weighted by molar-refractivity contribution is -0.122. The number of rotatable bonds is 8. The molecular formula is C30H38Cl2N2O2. The van der Waals surface area contributed by atoms with Crippen LogP contribution in [0, 0.1) is 17.3 Å². The summed E-state index contributed by atoms with van der Waals surface area (Å²) >= 11 is 11.9. The molecule has 1 amide bonds. The zero-order chi connectivity index (χ0) is 25.3. The molecule has 0 aliphatic heterocycles. The summed E-state index contributed by atoms with van der Waals surface area (Å²) in [6, 6.07) is 14.5. The van der Waals surface area contributed by atoms with Crippen molar-refractivity contribution in [1.29, 1.82) is 0 Å². The van der Waals surface area contributed by atoms with Crippen molar-refractivity contribution < 1.29 is 9.90 Å². The number of hydrogen-bond donors (Lipinski definition) is 2. The molecule has 6 heteroatoms. The number of phenolic OH excluding ortho intramolecular Hbond substituents is 1. The number of carbonyl (C=O) groups excluding carboxylic acids is 1. The molecule has 194 valence electrons. The Morgan fingerprint density at radius 3 is 2.53 bits per heavy atom. The average Bonchev–Trinajstić information content (AvgIpc) is 3.20. The maximum Gasteiger partial charge on any atom is 0.224 e. The number of alkyl halides is 2. The van der Waals surface area contributed by atoms with Gasteiger partial charge in [0.2, 0.25) is 5.91 Å². The third-order valence-electron chi connectivity index (χ3n) is 9.42. The molecule has 2 fully saturated rings. The van der Waals surface area contributed by atoms with E-state index in [0.29, 0.717) is 41.7 Å². The van der Waals surface area contributed by atoms with Crippen LogP contribution in [0.25, 0.3) is 0 Å². The Bertz CT molecular complexity index is 1070. The summed E-state index contributed by atoms with van der Waals surface area (Å²) in [5.74, 6) is 3.54. The highest BCUT2D eigenvalue weighted by molar-refractivity contribution is 6.18. The molecule has 3 aliphatic carbocycles. The van der Waals surface area contributed by atoms with Crippen LogP contribution in [0.2, 0.25) is 0 Å². The van der Waals surface area contributed by atoms with E-state index in [-0.39, 0.29) is 17.4 Å². The van der Waals surface area contributed by atoms with Crippen molar-refractivity contribution in [3.05, 3.63) is 59.2 Å². The third kappa shape index (κ3) is 4.96. The van der Waals surface area contributed by atoms with E-state index in [0.717, 1.165) is 43.6 Å². The molecule has 5 atom stereocenters. The first-order chi connectivity index (χ1) is 17.4. The molecule has 2 N–H and O–H groups in total. The summed E-state index contributed by atoms with van der Waals surface area (Å²) in [6.45, 7) is 3.94. The van der Waals surface area contributed by atoms with Gasteiger partial charge in [0, 0.05) is 36.6 Å². The van der Waals surface area contributed by atoms with Gasteiger partial charge >= 0.3 is 0 Å². The van der Waals surface area contributed by atoms with Crippen LogP contribution in [0.1, 0.15) is 61.6 Å². The quantitative estimate of drug-likeness (QED) is 0.397. The molecule has 5 rings (SSSR count). The molecule has 5 unspecified atom stereocenters. The van der Waals surface area contributed by atoms with Gasteiger partial charge in [-0.2, -0.15) is 0 Å². The number of carbonyl (C=O) groups is 1. The van der Waals surface area contributed by atoms with E-state index >= 15 is 0 Å². The number of nitrogens with one attached hydrogen (secondary N) is 1. The fraction of sp³-hybridized carbons (Fsp3) is 0.567. The van der Waals surface area contributed by atoms with Crippen molar-refractivity contribution in [1.82, 2.24) is 5.32 Å². The van der Waals surface area contributed by atoms with E-state index in [1.807, 2.05) is 24.3 Å². The topological polar surface area (TPSA) is 52.6 Å². The summed E-state index contributed by atoms with van der Waals surface area (Å²) in [4.78, 5) is 15.3. The molecule has 2 aromatic rings.